The summed E-state index contributed by atoms with van der Waals surface area (Å²) in [4.78, 5) is 10.5. The van der Waals surface area contributed by atoms with E-state index in [9.17, 15) is 4.79 Å². The number of hydrogen-bond acceptors (Lipinski definition) is 4. The van der Waals surface area contributed by atoms with Crippen molar-refractivity contribution in [2.45, 2.75) is 0 Å². The quantitative estimate of drug-likeness (QED) is 0.635. The zero-order valence-electron chi connectivity index (χ0n) is 9.55. The lowest BCUT2D eigenvalue weighted by molar-refractivity contribution is 0.112. The summed E-state index contributed by atoms with van der Waals surface area (Å²) in [5, 5.41) is 11.9. The van der Waals surface area contributed by atoms with Crippen molar-refractivity contribution in [1.82, 2.24) is 0 Å². The maximum atomic E-state index is 10.5. The van der Waals surface area contributed by atoms with Crippen molar-refractivity contribution >= 4 is 23.3 Å². The molecule has 0 saturated heterocycles. The summed E-state index contributed by atoms with van der Waals surface area (Å²) < 4.78 is 0. The highest BCUT2D eigenvalue weighted by Crippen LogP contribution is 2.24. The van der Waals surface area contributed by atoms with E-state index in [4.69, 9.17) is 11.0 Å². The van der Waals surface area contributed by atoms with Gasteiger partial charge in [0.15, 0.2) is 0 Å². The Balaban J connectivity index is 2.23. The van der Waals surface area contributed by atoms with E-state index < -0.39 is 0 Å². The number of carbonyl (C=O) groups is 1. The Morgan fingerprint density at radius 1 is 1.17 bits per heavy atom. The number of nitriles is 1. The highest BCUT2D eigenvalue weighted by atomic mass is 16.1. The fourth-order valence-corrected chi connectivity index (χ4v) is 1.55. The largest absolute Gasteiger partial charge is 0.397 e. The summed E-state index contributed by atoms with van der Waals surface area (Å²) in [6.07, 6.45) is 0.792. The van der Waals surface area contributed by atoms with E-state index in [2.05, 4.69) is 5.32 Å². The fraction of sp³-hybridized carbons (Fsp3) is 0. The fourth-order valence-electron chi connectivity index (χ4n) is 1.55. The van der Waals surface area contributed by atoms with E-state index in [0.29, 0.717) is 16.8 Å². The number of benzene rings is 2. The minimum atomic E-state index is 0.508. The number of rotatable bonds is 3. The monoisotopic (exact) mass is 237 g/mol. The molecule has 0 aliphatic rings. The Morgan fingerprint density at radius 3 is 2.44 bits per heavy atom. The van der Waals surface area contributed by atoms with Gasteiger partial charge in [-0.1, -0.05) is 0 Å². The smallest absolute Gasteiger partial charge is 0.150 e. The van der Waals surface area contributed by atoms with Gasteiger partial charge in [0, 0.05) is 11.3 Å². The first-order chi connectivity index (χ1) is 8.72. The van der Waals surface area contributed by atoms with Gasteiger partial charge in [0.2, 0.25) is 0 Å². The molecule has 0 unspecified atom stereocenters. The second-order valence-electron chi connectivity index (χ2n) is 3.78. The van der Waals surface area contributed by atoms with Crippen LogP contribution in [-0.2, 0) is 0 Å². The zero-order chi connectivity index (χ0) is 13.0. The van der Waals surface area contributed by atoms with Crippen LogP contribution in [0, 0.1) is 11.3 Å². The molecule has 0 aliphatic heterocycles. The molecule has 2 rings (SSSR count). The molecule has 2 aromatic rings. The van der Waals surface area contributed by atoms with Gasteiger partial charge in [-0.2, -0.15) is 5.26 Å². The summed E-state index contributed by atoms with van der Waals surface area (Å²) in [5.41, 5.74) is 9.04. The molecule has 4 nitrogen and oxygen atoms in total. The molecule has 18 heavy (non-hydrogen) atoms. The molecule has 3 N–H and O–H groups in total. The molecule has 0 amide bonds. The first-order valence-electron chi connectivity index (χ1n) is 5.35. The van der Waals surface area contributed by atoms with Crippen molar-refractivity contribution in [3.8, 4) is 6.07 Å². The van der Waals surface area contributed by atoms with Crippen LogP contribution in [0.2, 0.25) is 0 Å². The van der Waals surface area contributed by atoms with Crippen molar-refractivity contribution in [2.75, 3.05) is 11.1 Å². The van der Waals surface area contributed by atoms with E-state index in [1.807, 2.05) is 6.07 Å². The molecular weight excluding hydrogens is 226 g/mol. The standard InChI is InChI=1S/C14H11N3O/c15-8-11-3-6-14(13(16)7-11)17-12-4-1-10(9-18)2-5-12/h1-7,9,17H,16H2. The Kier molecular flexibility index (Phi) is 3.26. The third-order valence-corrected chi connectivity index (χ3v) is 2.51. The highest BCUT2D eigenvalue weighted by molar-refractivity contribution is 5.78. The molecule has 0 atom stereocenters. The maximum Gasteiger partial charge on any atom is 0.150 e. The van der Waals surface area contributed by atoms with E-state index in [-0.39, 0.29) is 0 Å². The van der Waals surface area contributed by atoms with Crippen LogP contribution >= 0.6 is 0 Å². The summed E-state index contributed by atoms with van der Waals surface area (Å²) in [5.74, 6) is 0. The molecule has 2 aromatic carbocycles. The molecule has 0 spiro atoms. The number of nitrogens with one attached hydrogen (secondary N) is 1. The molecule has 0 bridgehead atoms. The minimum Gasteiger partial charge on any atom is -0.397 e. The van der Waals surface area contributed by atoms with Gasteiger partial charge in [-0.3, -0.25) is 4.79 Å². The Hall–Kier alpha value is -2.80. The number of nitrogen functional groups attached to an aromatic ring is 1. The molecular formula is C14H11N3O. The van der Waals surface area contributed by atoms with E-state index in [1.54, 1.807) is 42.5 Å². The maximum absolute atomic E-state index is 10.5. The topological polar surface area (TPSA) is 78.9 Å². The van der Waals surface area contributed by atoms with Gasteiger partial charge < -0.3 is 11.1 Å². The first-order valence-corrected chi connectivity index (χ1v) is 5.35. The Morgan fingerprint density at radius 2 is 1.89 bits per heavy atom. The predicted octanol–water partition coefficient (Wildman–Crippen LogP) is 2.70. The number of hydrogen-bond donors (Lipinski definition) is 2. The lowest BCUT2D eigenvalue weighted by Crippen LogP contribution is -1.97. The summed E-state index contributed by atoms with van der Waals surface area (Å²) >= 11 is 0. The Labute approximate surface area is 105 Å². The van der Waals surface area contributed by atoms with Gasteiger partial charge in [-0.25, -0.2) is 0 Å². The van der Waals surface area contributed by atoms with Gasteiger partial charge >= 0.3 is 0 Å². The van der Waals surface area contributed by atoms with Crippen LogP contribution in [0.25, 0.3) is 0 Å². The second-order valence-corrected chi connectivity index (χ2v) is 3.78. The number of carbonyl (C=O) groups excluding carboxylic acids is 1. The SMILES string of the molecule is N#Cc1ccc(Nc2ccc(C=O)cc2)c(N)c1. The zero-order valence-corrected chi connectivity index (χ0v) is 9.55. The van der Waals surface area contributed by atoms with Gasteiger partial charge in [0.25, 0.3) is 0 Å². The van der Waals surface area contributed by atoms with Crippen LogP contribution in [-0.4, -0.2) is 6.29 Å². The van der Waals surface area contributed by atoms with Crippen LogP contribution in [0.4, 0.5) is 17.1 Å². The van der Waals surface area contributed by atoms with Crippen LogP contribution < -0.4 is 11.1 Å². The molecule has 88 valence electrons. The molecule has 0 fully saturated rings. The average Bonchev–Trinajstić information content (AvgIpc) is 2.42. The number of anilines is 3. The first kappa shape index (κ1) is 11.7. The third-order valence-electron chi connectivity index (χ3n) is 2.51. The van der Waals surface area contributed by atoms with Crippen LogP contribution in [0.3, 0.4) is 0 Å². The summed E-state index contributed by atoms with van der Waals surface area (Å²) in [6, 6.07) is 14.1. The van der Waals surface area contributed by atoms with Gasteiger partial charge in [0.1, 0.15) is 6.29 Å². The van der Waals surface area contributed by atoms with Crippen molar-refractivity contribution in [1.29, 1.82) is 5.26 Å². The van der Waals surface area contributed by atoms with Gasteiger partial charge in [0.05, 0.1) is 23.0 Å². The normalized spacial score (nSPS) is 9.50. The number of nitrogens with two attached hydrogens (primary N) is 1. The van der Waals surface area contributed by atoms with Crippen molar-refractivity contribution in [3.05, 3.63) is 53.6 Å². The van der Waals surface area contributed by atoms with E-state index >= 15 is 0 Å². The highest BCUT2D eigenvalue weighted by Gasteiger charge is 2.01. The van der Waals surface area contributed by atoms with E-state index in [1.165, 1.54) is 0 Å². The third kappa shape index (κ3) is 2.47. The Bertz CT molecular complexity index is 612. The minimum absolute atomic E-state index is 0.508. The number of nitrogens with zero attached hydrogens (tertiary/aromatic N) is 1. The second kappa shape index (κ2) is 5.02. The van der Waals surface area contributed by atoms with Crippen molar-refractivity contribution < 1.29 is 4.79 Å². The van der Waals surface area contributed by atoms with Gasteiger partial charge in [-0.05, 0) is 42.5 Å². The predicted molar refractivity (Wildman–Crippen MR) is 70.7 cm³/mol. The molecule has 0 aromatic heterocycles. The van der Waals surface area contributed by atoms with Crippen LogP contribution in [0.5, 0.6) is 0 Å². The van der Waals surface area contributed by atoms with Crippen LogP contribution in [0.15, 0.2) is 42.5 Å². The summed E-state index contributed by atoms with van der Waals surface area (Å²) in [6.45, 7) is 0. The molecule has 0 saturated carbocycles. The molecule has 0 radical (unpaired) electrons. The summed E-state index contributed by atoms with van der Waals surface area (Å²) in [7, 11) is 0. The molecule has 4 heteroatoms. The van der Waals surface area contributed by atoms with E-state index in [0.717, 1.165) is 17.7 Å². The van der Waals surface area contributed by atoms with Crippen molar-refractivity contribution in [3.63, 3.8) is 0 Å². The van der Waals surface area contributed by atoms with Crippen LogP contribution in [0.1, 0.15) is 15.9 Å². The average molecular weight is 237 g/mol. The number of aldehydes is 1. The van der Waals surface area contributed by atoms with Crippen molar-refractivity contribution in [2.24, 2.45) is 0 Å². The van der Waals surface area contributed by atoms with Gasteiger partial charge in [-0.15, -0.1) is 0 Å². The molecule has 0 heterocycles. The lowest BCUT2D eigenvalue weighted by atomic mass is 10.1. The molecule has 0 aliphatic carbocycles. The lowest BCUT2D eigenvalue weighted by Gasteiger charge is -2.09.